The number of aromatic nitrogens is 2. The number of hydrogen-bond acceptors (Lipinski definition) is 4. The first-order valence-electron chi connectivity index (χ1n) is 4.47. The van der Waals surface area contributed by atoms with Gasteiger partial charge in [-0.15, -0.1) is 0 Å². The maximum Gasteiger partial charge on any atom is 0.214 e. The third-order valence-electron chi connectivity index (χ3n) is 1.92. The van der Waals surface area contributed by atoms with Gasteiger partial charge in [0.2, 0.25) is 6.39 Å². The number of benzene rings is 1. The molecule has 0 unspecified atom stereocenters. The molecule has 0 aliphatic rings. The predicted octanol–water partition coefficient (Wildman–Crippen LogP) is 2.25. The Morgan fingerprint density at radius 1 is 1.20 bits per heavy atom. The van der Waals surface area contributed by atoms with Gasteiger partial charge in [0.1, 0.15) is 5.75 Å². The van der Waals surface area contributed by atoms with Crippen molar-refractivity contribution in [2.45, 2.75) is 0 Å². The zero-order chi connectivity index (χ0) is 10.5. The van der Waals surface area contributed by atoms with E-state index >= 15 is 0 Å². The van der Waals surface area contributed by atoms with Gasteiger partial charge in [-0.1, -0.05) is 23.4 Å². The van der Waals surface area contributed by atoms with E-state index in [-0.39, 0.29) is 0 Å². The molecule has 0 spiro atoms. The molecule has 2 rings (SSSR count). The monoisotopic (exact) mass is 202 g/mol. The first-order valence-corrected chi connectivity index (χ1v) is 4.47. The van der Waals surface area contributed by atoms with Crippen LogP contribution in [0.1, 0.15) is 11.4 Å². The summed E-state index contributed by atoms with van der Waals surface area (Å²) in [6.45, 7) is 0. The Bertz CT molecular complexity index is 432. The molecule has 4 nitrogen and oxygen atoms in total. The van der Waals surface area contributed by atoms with Gasteiger partial charge in [0, 0.05) is 0 Å². The van der Waals surface area contributed by atoms with E-state index in [0.717, 1.165) is 11.3 Å². The fraction of sp³-hybridized carbons (Fsp3) is 0.0909. The van der Waals surface area contributed by atoms with E-state index in [4.69, 9.17) is 4.74 Å². The minimum Gasteiger partial charge on any atom is -0.497 e. The summed E-state index contributed by atoms with van der Waals surface area (Å²) in [6.07, 6.45) is 4.99. The lowest BCUT2D eigenvalue weighted by Gasteiger charge is -1.98. The minimum absolute atomic E-state index is 0.561. The molecule has 0 aliphatic heterocycles. The normalized spacial score (nSPS) is 10.7. The Balaban J connectivity index is 2.11. The van der Waals surface area contributed by atoms with Crippen LogP contribution in [0.4, 0.5) is 0 Å². The number of nitrogens with zero attached hydrogens (tertiary/aromatic N) is 2. The molecule has 0 atom stereocenters. The zero-order valence-corrected chi connectivity index (χ0v) is 8.25. The molecular weight excluding hydrogens is 192 g/mol. The number of hydrogen-bond donors (Lipinski definition) is 0. The van der Waals surface area contributed by atoms with Gasteiger partial charge in [0.05, 0.1) is 7.11 Å². The molecule has 15 heavy (non-hydrogen) atoms. The fourth-order valence-electron chi connectivity index (χ4n) is 1.14. The van der Waals surface area contributed by atoms with Crippen LogP contribution in [-0.2, 0) is 0 Å². The summed E-state index contributed by atoms with van der Waals surface area (Å²) in [5.41, 5.74) is 1.06. The molecule has 0 bridgehead atoms. The van der Waals surface area contributed by atoms with Crippen LogP contribution in [0.15, 0.2) is 35.2 Å². The van der Waals surface area contributed by atoms with Gasteiger partial charge >= 0.3 is 0 Å². The number of ether oxygens (including phenoxy) is 1. The van der Waals surface area contributed by atoms with E-state index in [0.29, 0.717) is 5.82 Å². The standard InChI is InChI=1S/C11H10N2O2/c1-14-10-5-2-9(3-6-10)4-7-11-12-8-15-13-11/h2-8H,1H3. The predicted molar refractivity (Wildman–Crippen MR) is 56.2 cm³/mol. The number of methoxy groups -OCH3 is 1. The molecule has 0 radical (unpaired) electrons. The van der Waals surface area contributed by atoms with E-state index < -0.39 is 0 Å². The highest BCUT2D eigenvalue weighted by Crippen LogP contribution is 2.12. The summed E-state index contributed by atoms with van der Waals surface area (Å²) in [4.78, 5) is 3.88. The van der Waals surface area contributed by atoms with E-state index in [2.05, 4.69) is 14.7 Å². The average molecular weight is 202 g/mol. The summed E-state index contributed by atoms with van der Waals surface area (Å²) in [6, 6.07) is 7.70. The van der Waals surface area contributed by atoms with E-state index in [1.807, 2.05) is 30.3 Å². The largest absolute Gasteiger partial charge is 0.497 e. The maximum atomic E-state index is 5.06. The van der Waals surface area contributed by atoms with Crippen LogP contribution in [0.5, 0.6) is 5.75 Å². The van der Waals surface area contributed by atoms with Gasteiger partial charge in [-0.3, -0.25) is 0 Å². The second-order valence-corrected chi connectivity index (χ2v) is 2.90. The van der Waals surface area contributed by atoms with Crippen molar-refractivity contribution < 1.29 is 9.26 Å². The van der Waals surface area contributed by atoms with E-state index in [1.165, 1.54) is 6.39 Å². The van der Waals surface area contributed by atoms with Crippen LogP contribution in [0.3, 0.4) is 0 Å². The minimum atomic E-state index is 0.561. The van der Waals surface area contributed by atoms with Gasteiger partial charge in [0.15, 0.2) is 5.82 Å². The SMILES string of the molecule is COc1ccc(C=Cc2ncon2)cc1. The van der Waals surface area contributed by atoms with E-state index in [9.17, 15) is 0 Å². The molecule has 0 amide bonds. The second-order valence-electron chi connectivity index (χ2n) is 2.90. The molecule has 0 N–H and O–H groups in total. The van der Waals surface area contributed by atoms with Gasteiger partial charge in [-0.25, -0.2) is 0 Å². The number of rotatable bonds is 3. The first-order chi connectivity index (χ1) is 7.38. The summed E-state index contributed by atoms with van der Waals surface area (Å²) in [7, 11) is 1.64. The summed E-state index contributed by atoms with van der Waals surface area (Å²) >= 11 is 0. The second kappa shape index (κ2) is 4.41. The van der Waals surface area contributed by atoms with Crippen molar-refractivity contribution in [1.29, 1.82) is 0 Å². The Morgan fingerprint density at radius 3 is 2.60 bits per heavy atom. The lowest BCUT2D eigenvalue weighted by molar-refractivity contribution is 0.414. The van der Waals surface area contributed by atoms with Crippen LogP contribution >= 0.6 is 0 Å². The summed E-state index contributed by atoms with van der Waals surface area (Å²) in [5.74, 6) is 1.40. The molecule has 0 fully saturated rings. The first kappa shape index (κ1) is 9.45. The Kier molecular flexibility index (Phi) is 2.78. The van der Waals surface area contributed by atoms with Gasteiger partial charge in [0.25, 0.3) is 0 Å². The zero-order valence-electron chi connectivity index (χ0n) is 8.25. The Labute approximate surface area is 87.2 Å². The van der Waals surface area contributed by atoms with Crippen molar-refractivity contribution in [3.05, 3.63) is 42.0 Å². The van der Waals surface area contributed by atoms with Gasteiger partial charge < -0.3 is 9.26 Å². The summed E-state index contributed by atoms with van der Waals surface area (Å²) in [5, 5.41) is 3.67. The van der Waals surface area contributed by atoms with Gasteiger partial charge in [-0.05, 0) is 23.8 Å². The fourth-order valence-corrected chi connectivity index (χ4v) is 1.14. The quantitative estimate of drug-likeness (QED) is 0.765. The van der Waals surface area contributed by atoms with Crippen LogP contribution in [0.25, 0.3) is 12.2 Å². The topological polar surface area (TPSA) is 48.2 Å². The van der Waals surface area contributed by atoms with Crippen LogP contribution in [0.2, 0.25) is 0 Å². The molecule has 1 heterocycles. The molecule has 0 saturated carbocycles. The van der Waals surface area contributed by atoms with Crippen molar-refractivity contribution in [2.24, 2.45) is 0 Å². The third-order valence-corrected chi connectivity index (χ3v) is 1.92. The Morgan fingerprint density at radius 2 is 2.00 bits per heavy atom. The maximum absolute atomic E-state index is 5.06. The highest BCUT2D eigenvalue weighted by Gasteiger charge is 1.92. The highest BCUT2D eigenvalue weighted by molar-refractivity contribution is 5.66. The van der Waals surface area contributed by atoms with Crippen LogP contribution in [-0.4, -0.2) is 17.3 Å². The Hall–Kier alpha value is -2.10. The molecule has 0 aliphatic carbocycles. The molecule has 4 heteroatoms. The van der Waals surface area contributed by atoms with Crippen molar-refractivity contribution in [1.82, 2.24) is 10.1 Å². The molecule has 0 saturated heterocycles. The lowest BCUT2D eigenvalue weighted by atomic mass is 10.2. The van der Waals surface area contributed by atoms with Crippen LogP contribution < -0.4 is 4.74 Å². The smallest absolute Gasteiger partial charge is 0.214 e. The van der Waals surface area contributed by atoms with Crippen LogP contribution in [0, 0.1) is 0 Å². The lowest BCUT2D eigenvalue weighted by Crippen LogP contribution is -1.81. The third kappa shape index (κ3) is 2.43. The van der Waals surface area contributed by atoms with Crippen molar-refractivity contribution in [3.63, 3.8) is 0 Å². The van der Waals surface area contributed by atoms with Gasteiger partial charge in [-0.2, -0.15) is 4.98 Å². The summed E-state index contributed by atoms with van der Waals surface area (Å²) < 4.78 is 9.66. The highest BCUT2D eigenvalue weighted by atomic mass is 16.5. The van der Waals surface area contributed by atoms with Crippen molar-refractivity contribution in [3.8, 4) is 5.75 Å². The van der Waals surface area contributed by atoms with Crippen molar-refractivity contribution >= 4 is 12.2 Å². The average Bonchev–Trinajstić information content (AvgIpc) is 2.80. The molecule has 1 aromatic carbocycles. The molecule has 1 aromatic heterocycles. The van der Waals surface area contributed by atoms with E-state index in [1.54, 1.807) is 13.2 Å². The molecular formula is C11H10N2O2. The molecule has 2 aromatic rings. The molecule has 76 valence electrons. The van der Waals surface area contributed by atoms with Crippen molar-refractivity contribution in [2.75, 3.05) is 7.11 Å².